The number of hydrogen-bond acceptors (Lipinski definition) is 4. The zero-order valence-corrected chi connectivity index (χ0v) is 10.8. The summed E-state index contributed by atoms with van der Waals surface area (Å²) >= 11 is 1.70. The smallest absolute Gasteiger partial charge is 0.209 e. The number of thiazole rings is 1. The van der Waals surface area contributed by atoms with E-state index >= 15 is 0 Å². The van der Waals surface area contributed by atoms with Crippen LogP contribution in [0.5, 0.6) is 5.75 Å². The Kier molecular flexibility index (Phi) is 3.11. The van der Waals surface area contributed by atoms with Crippen molar-refractivity contribution >= 4 is 22.7 Å². The van der Waals surface area contributed by atoms with E-state index in [2.05, 4.69) is 9.98 Å². The number of aryl methyl sites for hydroxylation is 2. The summed E-state index contributed by atoms with van der Waals surface area (Å²) in [4.78, 5) is 10.4. The second-order valence-electron chi connectivity index (χ2n) is 4.42. The van der Waals surface area contributed by atoms with E-state index in [0.717, 1.165) is 23.5 Å². The molecule has 0 bridgehead atoms. The van der Waals surface area contributed by atoms with E-state index in [1.165, 1.54) is 23.4 Å². The minimum atomic E-state index is 0.275. The molecule has 0 saturated heterocycles. The number of hydrogen-bond donors (Lipinski definition) is 1. The van der Waals surface area contributed by atoms with Crippen LogP contribution in [0.2, 0.25) is 0 Å². The summed E-state index contributed by atoms with van der Waals surface area (Å²) < 4.78 is 0. The fourth-order valence-corrected chi connectivity index (χ4v) is 3.08. The average Bonchev–Trinajstić information content (AvgIpc) is 2.81. The van der Waals surface area contributed by atoms with Crippen molar-refractivity contribution in [2.75, 3.05) is 0 Å². The molecule has 1 aromatic heterocycles. The molecule has 92 valence electrons. The van der Waals surface area contributed by atoms with Crippen LogP contribution >= 0.6 is 11.3 Å². The van der Waals surface area contributed by atoms with E-state index in [1.807, 2.05) is 12.1 Å². The standard InChI is InChI=1S/C14H14N2OS/c17-11-7-5-10(6-8-11)9-15-14-16-12-3-1-2-4-13(12)18-14/h5-9,17H,1-4H2/b15-9+. The summed E-state index contributed by atoms with van der Waals surface area (Å²) in [6.45, 7) is 0. The monoisotopic (exact) mass is 258 g/mol. The highest BCUT2D eigenvalue weighted by molar-refractivity contribution is 7.15. The predicted octanol–water partition coefficient (Wildman–Crippen LogP) is 3.48. The molecule has 0 radical (unpaired) electrons. The molecule has 0 amide bonds. The van der Waals surface area contributed by atoms with Gasteiger partial charge in [-0.2, -0.15) is 0 Å². The van der Waals surface area contributed by atoms with E-state index in [9.17, 15) is 5.11 Å². The van der Waals surface area contributed by atoms with Crippen molar-refractivity contribution in [1.82, 2.24) is 4.98 Å². The van der Waals surface area contributed by atoms with Gasteiger partial charge in [0.05, 0.1) is 5.69 Å². The van der Waals surface area contributed by atoms with Gasteiger partial charge in [0.2, 0.25) is 5.13 Å². The summed E-state index contributed by atoms with van der Waals surface area (Å²) in [5.41, 5.74) is 2.21. The van der Waals surface area contributed by atoms with E-state index in [-0.39, 0.29) is 5.75 Å². The zero-order valence-electron chi connectivity index (χ0n) is 9.97. The maximum absolute atomic E-state index is 9.20. The fraction of sp³-hybridized carbons (Fsp3) is 0.286. The fourth-order valence-electron chi connectivity index (χ4n) is 2.08. The van der Waals surface area contributed by atoms with Crippen LogP contribution in [0, 0.1) is 0 Å². The van der Waals surface area contributed by atoms with Gasteiger partial charge in [-0.1, -0.05) is 11.3 Å². The van der Waals surface area contributed by atoms with Crippen LogP contribution in [0.1, 0.15) is 29.0 Å². The van der Waals surface area contributed by atoms with Crippen LogP contribution in [0.4, 0.5) is 5.13 Å². The Morgan fingerprint density at radius 1 is 1.17 bits per heavy atom. The van der Waals surface area contributed by atoms with Crippen molar-refractivity contribution in [3.63, 3.8) is 0 Å². The summed E-state index contributed by atoms with van der Waals surface area (Å²) in [5.74, 6) is 0.275. The molecule has 3 nitrogen and oxygen atoms in total. The van der Waals surface area contributed by atoms with Gasteiger partial charge in [-0.05, 0) is 55.5 Å². The van der Waals surface area contributed by atoms with Gasteiger partial charge in [0, 0.05) is 11.1 Å². The maximum atomic E-state index is 9.20. The Hall–Kier alpha value is -1.68. The van der Waals surface area contributed by atoms with E-state index in [1.54, 1.807) is 29.7 Å². The molecule has 0 atom stereocenters. The average molecular weight is 258 g/mol. The first-order valence-corrected chi connectivity index (χ1v) is 6.94. The van der Waals surface area contributed by atoms with Crippen LogP contribution in [0.3, 0.4) is 0 Å². The third-order valence-corrected chi connectivity index (χ3v) is 4.12. The zero-order chi connectivity index (χ0) is 12.4. The van der Waals surface area contributed by atoms with Gasteiger partial charge in [-0.25, -0.2) is 9.98 Å². The number of benzene rings is 1. The number of fused-ring (bicyclic) bond motifs is 1. The summed E-state index contributed by atoms with van der Waals surface area (Å²) in [6.07, 6.45) is 6.57. The molecule has 0 spiro atoms. The van der Waals surface area contributed by atoms with Crippen LogP contribution in [0.25, 0.3) is 0 Å². The lowest BCUT2D eigenvalue weighted by atomic mass is 10.0. The summed E-state index contributed by atoms with van der Waals surface area (Å²) in [7, 11) is 0. The molecular formula is C14H14N2OS. The molecule has 3 rings (SSSR count). The molecule has 0 aliphatic heterocycles. The van der Waals surface area contributed by atoms with Gasteiger partial charge in [0.1, 0.15) is 5.75 Å². The molecule has 1 N–H and O–H groups in total. The number of phenolic OH excluding ortho intramolecular Hbond substituents is 1. The minimum Gasteiger partial charge on any atom is -0.508 e. The summed E-state index contributed by atoms with van der Waals surface area (Å²) in [6, 6.07) is 7.00. The third-order valence-electron chi connectivity index (χ3n) is 3.05. The number of rotatable bonds is 2. The van der Waals surface area contributed by atoms with Gasteiger partial charge >= 0.3 is 0 Å². The van der Waals surface area contributed by atoms with Gasteiger partial charge in [-0.3, -0.25) is 0 Å². The second-order valence-corrected chi connectivity index (χ2v) is 5.49. The summed E-state index contributed by atoms with van der Waals surface area (Å²) in [5, 5.41) is 10.0. The van der Waals surface area contributed by atoms with Gasteiger partial charge in [0.15, 0.2) is 0 Å². The molecule has 1 aliphatic rings. The Morgan fingerprint density at radius 3 is 2.72 bits per heavy atom. The van der Waals surface area contributed by atoms with Crippen molar-refractivity contribution in [2.45, 2.75) is 25.7 Å². The molecule has 2 aromatic rings. The van der Waals surface area contributed by atoms with Crippen LogP contribution in [-0.4, -0.2) is 16.3 Å². The first-order chi connectivity index (χ1) is 8.81. The lowest BCUT2D eigenvalue weighted by Crippen LogP contribution is -1.98. The first-order valence-electron chi connectivity index (χ1n) is 6.13. The second kappa shape index (κ2) is 4.90. The van der Waals surface area contributed by atoms with Crippen LogP contribution in [-0.2, 0) is 12.8 Å². The number of nitrogens with zero attached hydrogens (tertiary/aromatic N) is 2. The maximum Gasteiger partial charge on any atom is 0.209 e. The van der Waals surface area contributed by atoms with E-state index in [4.69, 9.17) is 0 Å². The van der Waals surface area contributed by atoms with E-state index < -0.39 is 0 Å². The normalized spacial score (nSPS) is 14.9. The largest absolute Gasteiger partial charge is 0.508 e. The molecule has 1 aromatic carbocycles. The molecule has 0 saturated carbocycles. The third kappa shape index (κ3) is 2.43. The van der Waals surface area contributed by atoms with Crippen molar-refractivity contribution in [2.24, 2.45) is 4.99 Å². The number of phenols is 1. The van der Waals surface area contributed by atoms with Crippen LogP contribution in [0.15, 0.2) is 29.3 Å². The Bertz CT molecular complexity index is 548. The molecule has 4 heteroatoms. The van der Waals surface area contributed by atoms with Crippen molar-refractivity contribution < 1.29 is 5.11 Å². The SMILES string of the molecule is Oc1ccc(/C=N/c2nc3c(s2)CCCC3)cc1. The molecule has 1 heterocycles. The molecule has 0 fully saturated rings. The van der Waals surface area contributed by atoms with E-state index in [0.29, 0.717) is 0 Å². The minimum absolute atomic E-state index is 0.275. The number of aromatic hydroxyl groups is 1. The Labute approximate surface area is 110 Å². The molecular weight excluding hydrogens is 244 g/mol. The number of aliphatic imine (C=N–C) groups is 1. The number of aromatic nitrogens is 1. The molecule has 1 aliphatic carbocycles. The first kappa shape index (κ1) is 11.4. The Balaban J connectivity index is 1.79. The quantitative estimate of drug-likeness (QED) is 0.838. The van der Waals surface area contributed by atoms with Crippen molar-refractivity contribution in [3.05, 3.63) is 40.4 Å². The topological polar surface area (TPSA) is 45.5 Å². The lowest BCUT2D eigenvalue weighted by molar-refractivity contribution is 0.475. The highest BCUT2D eigenvalue weighted by Gasteiger charge is 2.14. The van der Waals surface area contributed by atoms with Crippen molar-refractivity contribution in [1.29, 1.82) is 0 Å². The molecule has 18 heavy (non-hydrogen) atoms. The predicted molar refractivity (Wildman–Crippen MR) is 74.1 cm³/mol. The Morgan fingerprint density at radius 2 is 1.94 bits per heavy atom. The van der Waals surface area contributed by atoms with Gasteiger partial charge in [0.25, 0.3) is 0 Å². The highest BCUT2D eigenvalue weighted by Crippen LogP contribution is 2.31. The van der Waals surface area contributed by atoms with Crippen molar-refractivity contribution in [3.8, 4) is 5.75 Å². The van der Waals surface area contributed by atoms with Crippen LogP contribution < -0.4 is 0 Å². The molecule has 0 unspecified atom stereocenters. The van der Waals surface area contributed by atoms with Gasteiger partial charge < -0.3 is 5.11 Å². The van der Waals surface area contributed by atoms with Gasteiger partial charge in [-0.15, -0.1) is 0 Å². The lowest BCUT2D eigenvalue weighted by Gasteiger charge is -2.06. The highest BCUT2D eigenvalue weighted by atomic mass is 32.1.